The number of piperidine rings is 1. The fraction of sp³-hybridized carbons (Fsp3) is 0.833. The third kappa shape index (κ3) is 2.10. The van der Waals surface area contributed by atoms with Crippen LogP contribution < -0.4 is 5.32 Å². The normalized spacial score (nSPS) is 32.1. The molecule has 2 nitrogen and oxygen atoms in total. The van der Waals surface area contributed by atoms with Crippen molar-refractivity contribution >= 4 is 0 Å². The topological polar surface area (TPSA) is 15.3 Å². The highest BCUT2D eigenvalue weighted by Gasteiger charge is 2.34. The fourth-order valence-electron chi connectivity index (χ4n) is 2.76. The van der Waals surface area contributed by atoms with Gasteiger partial charge in [-0.3, -0.25) is 4.90 Å². The second-order valence-electron chi connectivity index (χ2n) is 4.30. The number of fused-ring (bicyclic) bond motifs is 1. The Labute approximate surface area is 87.1 Å². The molecule has 2 rings (SSSR count). The van der Waals surface area contributed by atoms with Crippen molar-refractivity contribution in [2.75, 3.05) is 19.6 Å². The van der Waals surface area contributed by atoms with Crippen molar-refractivity contribution in [2.45, 2.75) is 44.7 Å². The molecule has 78 valence electrons. The van der Waals surface area contributed by atoms with Crippen LogP contribution in [0.4, 0.5) is 0 Å². The quantitative estimate of drug-likeness (QED) is 0.662. The highest BCUT2D eigenvalue weighted by Crippen LogP contribution is 2.26. The van der Waals surface area contributed by atoms with Gasteiger partial charge in [0.1, 0.15) is 0 Å². The lowest BCUT2D eigenvalue weighted by atomic mass is 9.99. The van der Waals surface area contributed by atoms with E-state index in [4.69, 9.17) is 0 Å². The average Bonchev–Trinajstić information content (AvgIpc) is 2.63. The molecule has 0 aromatic heterocycles. The molecule has 0 spiro atoms. The van der Waals surface area contributed by atoms with Gasteiger partial charge in [-0.15, -0.1) is 5.92 Å². The van der Waals surface area contributed by atoms with Crippen LogP contribution in [0.25, 0.3) is 0 Å². The summed E-state index contributed by atoms with van der Waals surface area (Å²) in [7, 11) is 0. The van der Waals surface area contributed by atoms with E-state index in [1.807, 2.05) is 6.92 Å². The van der Waals surface area contributed by atoms with Gasteiger partial charge in [-0.25, -0.2) is 0 Å². The summed E-state index contributed by atoms with van der Waals surface area (Å²) >= 11 is 0. The van der Waals surface area contributed by atoms with E-state index < -0.39 is 0 Å². The van der Waals surface area contributed by atoms with Gasteiger partial charge >= 0.3 is 0 Å². The van der Waals surface area contributed by atoms with Crippen LogP contribution in [0, 0.1) is 11.8 Å². The molecule has 2 heterocycles. The van der Waals surface area contributed by atoms with Crippen LogP contribution in [0.1, 0.15) is 32.6 Å². The van der Waals surface area contributed by atoms with Crippen molar-refractivity contribution in [1.82, 2.24) is 10.2 Å². The van der Waals surface area contributed by atoms with Crippen molar-refractivity contribution in [1.29, 1.82) is 0 Å². The number of hydrogen-bond acceptors (Lipinski definition) is 2. The average molecular weight is 192 g/mol. The van der Waals surface area contributed by atoms with E-state index >= 15 is 0 Å². The Morgan fingerprint density at radius 3 is 3.07 bits per heavy atom. The van der Waals surface area contributed by atoms with Gasteiger partial charge in [-0.2, -0.15) is 0 Å². The fourth-order valence-corrected chi connectivity index (χ4v) is 2.76. The van der Waals surface area contributed by atoms with Gasteiger partial charge < -0.3 is 5.32 Å². The molecule has 1 N–H and O–H groups in total. The maximum atomic E-state index is 3.57. The summed E-state index contributed by atoms with van der Waals surface area (Å²) in [5.74, 6) is 6.03. The monoisotopic (exact) mass is 192 g/mol. The maximum absolute atomic E-state index is 3.57. The largest absolute Gasteiger partial charge is 0.302 e. The van der Waals surface area contributed by atoms with E-state index in [9.17, 15) is 0 Å². The van der Waals surface area contributed by atoms with E-state index in [2.05, 4.69) is 22.1 Å². The predicted molar refractivity (Wildman–Crippen MR) is 59.1 cm³/mol. The number of nitrogens with one attached hydrogen (secondary N) is 1. The zero-order chi connectivity index (χ0) is 9.80. The molecule has 2 fully saturated rings. The summed E-state index contributed by atoms with van der Waals surface area (Å²) in [6, 6.07) is 1.51. The first-order valence-electron chi connectivity index (χ1n) is 5.79. The van der Waals surface area contributed by atoms with Gasteiger partial charge in [0.05, 0.1) is 6.54 Å². The number of rotatable bonds is 2. The summed E-state index contributed by atoms with van der Waals surface area (Å²) in [6.07, 6.45) is 5.52. The van der Waals surface area contributed by atoms with Gasteiger partial charge in [-0.1, -0.05) is 12.3 Å². The molecular formula is C12H20N2. The van der Waals surface area contributed by atoms with E-state index in [-0.39, 0.29) is 0 Å². The van der Waals surface area contributed by atoms with Crippen LogP contribution in [-0.2, 0) is 0 Å². The van der Waals surface area contributed by atoms with Crippen LogP contribution in [-0.4, -0.2) is 36.6 Å². The maximum Gasteiger partial charge on any atom is 0.0579 e. The molecule has 0 aromatic carbocycles. The first-order chi connectivity index (χ1) is 6.92. The minimum absolute atomic E-state index is 0.705. The molecule has 2 saturated heterocycles. The standard InChI is InChI=1S/C12H20N2/c1-2-3-8-13-11-7-10-14-9-5-4-6-12(11)14/h11-13H,4-10H2,1H3. The molecule has 2 aliphatic rings. The molecule has 0 bridgehead atoms. The molecular weight excluding hydrogens is 172 g/mol. The summed E-state index contributed by atoms with van der Waals surface area (Å²) in [4.78, 5) is 2.65. The predicted octanol–water partition coefficient (Wildman–Crippen LogP) is 1.23. The van der Waals surface area contributed by atoms with Crippen molar-refractivity contribution < 1.29 is 0 Å². The summed E-state index contributed by atoms with van der Waals surface area (Å²) in [5, 5.41) is 3.57. The Hall–Kier alpha value is -0.520. The third-order valence-corrected chi connectivity index (χ3v) is 3.49. The van der Waals surface area contributed by atoms with E-state index in [0.717, 1.165) is 12.6 Å². The van der Waals surface area contributed by atoms with E-state index in [0.29, 0.717) is 6.04 Å². The van der Waals surface area contributed by atoms with Gasteiger partial charge in [0, 0.05) is 18.6 Å². The Morgan fingerprint density at radius 2 is 2.21 bits per heavy atom. The lowest BCUT2D eigenvalue weighted by molar-refractivity contribution is 0.182. The Bertz CT molecular complexity index is 238. The van der Waals surface area contributed by atoms with Crippen LogP contribution in [0.5, 0.6) is 0 Å². The van der Waals surface area contributed by atoms with Gasteiger partial charge in [0.25, 0.3) is 0 Å². The molecule has 2 aliphatic heterocycles. The molecule has 0 aromatic rings. The SMILES string of the molecule is CC#CCNC1CCN2CCCCC12. The smallest absolute Gasteiger partial charge is 0.0579 e. The Balaban J connectivity index is 1.83. The van der Waals surface area contributed by atoms with Crippen LogP contribution in [0.2, 0.25) is 0 Å². The molecule has 0 saturated carbocycles. The van der Waals surface area contributed by atoms with Gasteiger partial charge in [0.2, 0.25) is 0 Å². The van der Waals surface area contributed by atoms with Gasteiger partial charge in [0.15, 0.2) is 0 Å². The summed E-state index contributed by atoms with van der Waals surface area (Å²) in [5.41, 5.74) is 0. The zero-order valence-electron chi connectivity index (χ0n) is 9.05. The lowest BCUT2D eigenvalue weighted by Gasteiger charge is -2.32. The first-order valence-corrected chi connectivity index (χ1v) is 5.79. The molecule has 2 heteroatoms. The highest BCUT2D eigenvalue weighted by molar-refractivity contribution is 5.01. The summed E-state index contributed by atoms with van der Waals surface area (Å²) in [6.45, 7) is 5.39. The number of hydrogen-bond donors (Lipinski definition) is 1. The van der Waals surface area contributed by atoms with E-state index in [1.54, 1.807) is 0 Å². The minimum atomic E-state index is 0.705. The van der Waals surface area contributed by atoms with Crippen molar-refractivity contribution in [3.63, 3.8) is 0 Å². The highest BCUT2D eigenvalue weighted by atomic mass is 15.2. The van der Waals surface area contributed by atoms with E-state index in [1.165, 1.54) is 38.8 Å². The van der Waals surface area contributed by atoms with Crippen molar-refractivity contribution in [2.24, 2.45) is 0 Å². The second-order valence-corrected chi connectivity index (χ2v) is 4.30. The van der Waals surface area contributed by atoms with Gasteiger partial charge in [-0.05, 0) is 32.7 Å². The second kappa shape index (κ2) is 4.82. The van der Waals surface area contributed by atoms with Crippen molar-refractivity contribution in [3.05, 3.63) is 0 Å². The molecule has 0 aliphatic carbocycles. The van der Waals surface area contributed by atoms with Crippen LogP contribution in [0.15, 0.2) is 0 Å². The van der Waals surface area contributed by atoms with Crippen LogP contribution in [0.3, 0.4) is 0 Å². The molecule has 2 atom stereocenters. The minimum Gasteiger partial charge on any atom is -0.302 e. The third-order valence-electron chi connectivity index (χ3n) is 3.49. The van der Waals surface area contributed by atoms with Crippen LogP contribution >= 0.6 is 0 Å². The molecule has 0 radical (unpaired) electrons. The molecule has 14 heavy (non-hydrogen) atoms. The molecule has 2 unspecified atom stereocenters. The zero-order valence-corrected chi connectivity index (χ0v) is 9.05. The lowest BCUT2D eigenvalue weighted by Crippen LogP contribution is -2.44. The Morgan fingerprint density at radius 1 is 1.29 bits per heavy atom. The Kier molecular flexibility index (Phi) is 3.44. The number of nitrogens with zero attached hydrogens (tertiary/aromatic N) is 1. The molecule has 0 amide bonds. The first kappa shape index (κ1) is 10.0. The summed E-state index contributed by atoms with van der Waals surface area (Å²) < 4.78 is 0. The van der Waals surface area contributed by atoms with Crippen molar-refractivity contribution in [3.8, 4) is 11.8 Å².